The van der Waals surface area contributed by atoms with Gasteiger partial charge >= 0.3 is 0 Å². The molecule has 1 aliphatic heterocycles. The highest BCUT2D eigenvalue weighted by Crippen LogP contribution is 2.25. The largest absolute Gasteiger partial charge is 0.376 e. The van der Waals surface area contributed by atoms with E-state index < -0.39 is 0 Å². The second kappa shape index (κ2) is 9.36. The summed E-state index contributed by atoms with van der Waals surface area (Å²) in [6.07, 6.45) is 3.28. The molecule has 0 spiro atoms. The predicted molar refractivity (Wildman–Crippen MR) is 99.1 cm³/mol. The number of hydrogen-bond donors (Lipinski definition) is 2. The lowest BCUT2D eigenvalue weighted by atomic mass is 10.2. The first-order valence-corrected chi connectivity index (χ1v) is 10.6. The second-order valence-corrected chi connectivity index (χ2v) is 8.59. The van der Waals surface area contributed by atoms with Gasteiger partial charge in [-0.15, -0.1) is 21.5 Å². The highest BCUT2D eigenvalue weighted by molar-refractivity contribution is 8.01. The first kappa shape index (κ1) is 17.7. The molecule has 1 aliphatic rings. The van der Waals surface area contributed by atoms with Gasteiger partial charge in [-0.25, -0.2) is 0 Å². The highest BCUT2D eigenvalue weighted by Gasteiger charge is 2.16. The van der Waals surface area contributed by atoms with Crippen LogP contribution in [0.1, 0.15) is 17.7 Å². The number of carbonyl (C=O) groups excluding carboxylic acids is 1. The first-order valence-electron chi connectivity index (χ1n) is 7.90. The Balaban J connectivity index is 1.32. The summed E-state index contributed by atoms with van der Waals surface area (Å²) in [4.78, 5) is 13.2. The minimum atomic E-state index is 0.0119. The zero-order valence-electron chi connectivity index (χ0n) is 13.2. The topological polar surface area (TPSA) is 76.1 Å². The van der Waals surface area contributed by atoms with Crippen molar-refractivity contribution in [2.75, 3.05) is 30.8 Å². The lowest BCUT2D eigenvalue weighted by molar-refractivity contribution is -0.119. The van der Waals surface area contributed by atoms with Crippen molar-refractivity contribution in [3.05, 3.63) is 22.4 Å². The molecule has 1 amide bonds. The molecule has 3 heterocycles. The second-order valence-electron chi connectivity index (χ2n) is 5.36. The Labute approximate surface area is 153 Å². The van der Waals surface area contributed by atoms with E-state index in [0.717, 1.165) is 41.9 Å². The molecule has 0 radical (unpaired) electrons. The number of ether oxygens (including phenoxy) is 1. The Morgan fingerprint density at radius 1 is 1.46 bits per heavy atom. The van der Waals surface area contributed by atoms with Gasteiger partial charge in [0.15, 0.2) is 4.34 Å². The highest BCUT2D eigenvalue weighted by atomic mass is 32.2. The summed E-state index contributed by atoms with van der Waals surface area (Å²) in [5.41, 5.74) is 0. The molecule has 1 fully saturated rings. The number of thioether (sulfide) groups is 1. The Hall–Kier alpha value is -1.16. The molecule has 0 bridgehead atoms. The third kappa shape index (κ3) is 5.73. The van der Waals surface area contributed by atoms with Gasteiger partial charge in [0.2, 0.25) is 11.0 Å². The molecule has 0 aliphatic carbocycles. The summed E-state index contributed by atoms with van der Waals surface area (Å²) in [5.74, 6) is 0.370. The van der Waals surface area contributed by atoms with Gasteiger partial charge in [0.05, 0.1) is 11.9 Å². The van der Waals surface area contributed by atoms with E-state index in [2.05, 4.69) is 38.3 Å². The van der Waals surface area contributed by atoms with Gasteiger partial charge in [0.1, 0.15) is 0 Å². The van der Waals surface area contributed by atoms with E-state index in [9.17, 15) is 4.79 Å². The van der Waals surface area contributed by atoms with Crippen molar-refractivity contribution >= 4 is 45.5 Å². The Bertz CT molecular complexity index is 626. The lowest BCUT2D eigenvalue weighted by Crippen LogP contribution is -2.32. The van der Waals surface area contributed by atoms with Crippen LogP contribution in [0.5, 0.6) is 0 Å². The molecule has 0 aromatic carbocycles. The van der Waals surface area contributed by atoms with Crippen molar-refractivity contribution in [1.82, 2.24) is 15.5 Å². The minimum absolute atomic E-state index is 0.0119. The van der Waals surface area contributed by atoms with Crippen LogP contribution in [-0.2, 0) is 16.0 Å². The Kier molecular flexibility index (Phi) is 6.88. The van der Waals surface area contributed by atoms with Crippen molar-refractivity contribution in [3.63, 3.8) is 0 Å². The molecule has 9 heteroatoms. The van der Waals surface area contributed by atoms with Gasteiger partial charge in [-0.05, 0) is 30.7 Å². The number of amides is 1. The third-order valence-electron chi connectivity index (χ3n) is 3.51. The van der Waals surface area contributed by atoms with Gasteiger partial charge in [0, 0.05) is 24.6 Å². The van der Waals surface area contributed by atoms with Crippen molar-refractivity contribution < 1.29 is 9.53 Å². The molecule has 1 atom stereocenters. The van der Waals surface area contributed by atoms with Crippen LogP contribution in [0.2, 0.25) is 0 Å². The van der Waals surface area contributed by atoms with Crippen molar-refractivity contribution in [2.24, 2.45) is 0 Å². The number of thiophene rings is 1. The van der Waals surface area contributed by atoms with Crippen LogP contribution >= 0.6 is 34.4 Å². The molecule has 2 aromatic heterocycles. The summed E-state index contributed by atoms with van der Waals surface area (Å²) >= 11 is 4.66. The van der Waals surface area contributed by atoms with Gasteiger partial charge in [-0.1, -0.05) is 29.2 Å². The molecule has 130 valence electrons. The summed E-state index contributed by atoms with van der Waals surface area (Å²) in [5, 5.41) is 17.3. The molecule has 3 rings (SSSR count). The number of nitrogens with zero attached hydrogens (tertiary/aromatic N) is 2. The zero-order valence-corrected chi connectivity index (χ0v) is 15.6. The molecule has 2 aromatic rings. The summed E-state index contributed by atoms with van der Waals surface area (Å²) in [6, 6.07) is 4.19. The average Bonchev–Trinajstić information content (AvgIpc) is 3.33. The lowest BCUT2D eigenvalue weighted by Gasteiger charge is -2.09. The molecule has 24 heavy (non-hydrogen) atoms. The normalized spacial score (nSPS) is 17.1. The van der Waals surface area contributed by atoms with Crippen molar-refractivity contribution in [2.45, 2.75) is 29.7 Å². The first-order chi connectivity index (χ1) is 11.8. The summed E-state index contributed by atoms with van der Waals surface area (Å²) in [7, 11) is 0. The molecule has 1 unspecified atom stereocenters. The van der Waals surface area contributed by atoms with Gasteiger partial charge in [-0.3, -0.25) is 4.79 Å². The van der Waals surface area contributed by atoms with E-state index in [1.165, 1.54) is 28.0 Å². The number of anilines is 1. The summed E-state index contributed by atoms with van der Waals surface area (Å²) < 4.78 is 6.29. The molecule has 0 saturated carbocycles. The average molecular weight is 385 g/mol. The van der Waals surface area contributed by atoms with E-state index in [1.807, 2.05) is 0 Å². The zero-order chi connectivity index (χ0) is 16.6. The van der Waals surface area contributed by atoms with Crippen LogP contribution in [0.15, 0.2) is 21.9 Å². The van der Waals surface area contributed by atoms with Crippen LogP contribution in [-0.4, -0.2) is 47.7 Å². The fourth-order valence-electron chi connectivity index (χ4n) is 2.30. The molecule has 6 nitrogen and oxygen atoms in total. The van der Waals surface area contributed by atoms with Crippen LogP contribution in [0, 0.1) is 0 Å². The van der Waals surface area contributed by atoms with Crippen LogP contribution in [0.3, 0.4) is 0 Å². The van der Waals surface area contributed by atoms with Crippen LogP contribution < -0.4 is 10.6 Å². The number of aromatic nitrogens is 2. The predicted octanol–water partition coefficient (Wildman–Crippen LogP) is 2.64. The van der Waals surface area contributed by atoms with E-state index in [-0.39, 0.29) is 12.0 Å². The van der Waals surface area contributed by atoms with Crippen molar-refractivity contribution in [3.8, 4) is 0 Å². The van der Waals surface area contributed by atoms with Gasteiger partial charge in [-0.2, -0.15) is 0 Å². The summed E-state index contributed by atoms with van der Waals surface area (Å²) in [6.45, 7) is 2.25. The maximum Gasteiger partial charge on any atom is 0.230 e. The van der Waals surface area contributed by atoms with E-state index in [1.54, 1.807) is 11.3 Å². The number of nitrogens with one attached hydrogen (secondary N) is 2. The molecular weight excluding hydrogens is 364 g/mol. The Morgan fingerprint density at radius 3 is 3.21 bits per heavy atom. The van der Waals surface area contributed by atoms with Crippen LogP contribution in [0.4, 0.5) is 5.13 Å². The fourth-order valence-corrected chi connectivity index (χ4v) is 4.61. The number of rotatable bonds is 9. The SMILES string of the molecule is O=C(CSc1nnc(NCCc2cccs2)s1)NCC1CCCO1. The monoisotopic (exact) mass is 384 g/mol. The van der Waals surface area contributed by atoms with E-state index >= 15 is 0 Å². The quantitative estimate of drug-likeness (QED) is 0.647. The minimum Gasteiger partial charge on any atom is -0.376 e. The fraction of sp³-hybridized carbons (Fsp3) is 0.533. The van der Waals surface area contributed by atoms with Crippen LogP contribution in [0.25, 0.3) is 0 Å². The molecule has 2 N–H and O–H groups in total. The maximum absolute atomic E-state index is 11.8. The maximum atomic E-state index is 11.8. The van der Waals surface area contributed by atoms with E-state index in [4.69, 9.17) is 4.74 Å². The van der Waals surface area contributed by atoms with Gasteiger partial charge < -0.3 is 15.4 Å². The third-order valence-corrected chi connectivity index (χ3v) is 6.46. The van der Waals surface area contributed by atoms with Crippen molar-refractivity contribution in [1.29, 1.82) is 0 Å². The Morgan fingerprint density at radius 2 is 2.42 bits per heavy atom. The number of hydrogen-bond acceptors (Lipinski definition) is 8. The smallest absolute Gasteiger partial charge is 0.230 e. The number of carbonyl (C=O) groups is 1. The van der Waals surface area contributed by atoms with E-state index in [0.29, 0.717) is 12.3 Å². The van der Waals surface area contributed by atoms with Gasteiger partial charge in [0.25, 0.3) is 0 Å². The molecule has 1 saturated heterocycles. The molecular formula is C15H20N4O2S3. The standard InChI is InChI=1S/C15H20N4O2S3/c20-13(17-9-11-3-1-7-21-11)10-23-15-19-18-14(24-15)16-6-5-12-4-2-8-22-12/h2,4,8,11H,1,3,5-7,9-10H2,(H,16,18)(H,17,20).